The van der Waals surface area contributed by atoms with Gasteiger partial charge in [-0.05, 0) is 43.9 Å². The van der Waals surface area contributed by atoms with Crippen molar-refractivity contribution in [1.82, 2.24) is 0 Å². The lowest BCUT2D eigenvalue weighted by Gasteiger charge is -2.26. The molecule has 1 aliphatic carbocycles. The molecule has 0 aromatic carbocycles. The molecule has 0 amide bonds. The molecule has 1 heteroatoms. The smallest absolute Gasteiger partial charge is 0.133 e. The third-order valence-corrected chi connectivity index (χ3v) is 3.67. The zero-order valence-electron chi connectivity index (χ0n) is 11.3. The second-order valence-electron chi connectivity index (χ2n) is 5.90. The highest BCUT2D eigenvalue weighted by atomic mass is 16.1. The fourth-order valence-corrected chi connectivity index (χ4v) is 2.57. The molecule has 1 rings (SSSR count). The largest absolute Gasteiger partial charge is 0.300 e. The summed E-state index contributed by atoms with van der Waals surface area (Å²) in [4.78, 5) is 11.8. The van der Waals surface area contributed by atoms with Gasteiger partial charge in [-0.2, -0.15) is 0 Å². The molecular weight excluding hydrogens is 196 g/mol. The second kappa shape index (κ2) is 6.22. The lowest BCUT2D eigenvalue weighted by Crippen LogP contribution is -2.18. The maximum Gasteiger partial charge on any atom is 0.133 e. The summed E-state index contributed by atoms with van der Waals surface area (Å²) >= 11 is 0. The van der Waals surface area contributed by atoms with E-state index >= 15 is 0 Å². The highest BCUT2D eigenvalue weighted by Gasteiger charge is 2.21. The van der Waals surface area contributed by atoms with Crippen LogP contribution in [0.2, 0.25) is 0 Å². The van der Waals surface area contributed by atoms with Gasteiger partial charge in [-0.3, -0.25) is 4.79 Å². The molecule has 0 unspecified atom stereocenters. The monoisotopic (exact) mass is 222 g/mol. The summed E-state index contributed by atoms with van der Waals surface area (Å²) < 4.78 is 0. The normalized spacial score (nSPS) is 23.1. The quantitative estimate of drug-likeness (QED) is 0.631. The molecule has 0 saturated heterocycles. The van der Waals surface area contributed by atoms with Crippen LogP contribution in [0.1, 0.15) is 59.8 Å². The Balaban J connectivity index is 2.35. The molecule has 0 fully saturated rings. The van der Waals surface area contributed by atoms with E-state index in [1.807, 2.05) is 0 Å². The molecule has 0 saturated carbocycles. The second-order valence-corrected chi connectivity index (χ2v) is 5.90. The third-order valence-electron chi connectivity index (χ3n) is 3.67. The molecule has 0 heterocycles. The standard InChI is InChI=1S/C15H26O/c1-11(2)9-15(16)10-13(4)14-7-5-12(3)6-8-14/h5,11,13-14H,6-10H2,1-4H3/t13-,14-/m1/s1. The maximum absolute atomic E-state index is 11.8. The molecule has 0 bridgehead atoms. The number of hydrogen-bond donors (Lipinski definition) is 0. The predicted octanol–water partition coefficient (Wildman–Crippen LogP) is 4.37. The Labute approximate surface area is 100 Å². The van der Waals surface area contributed by atoms with Crippen LogP contribution in [-0.2, 0) is 4.79 Å². The molecule has 0 aromatic rings. The van der Waals surface area contributed by atoms with Gasteiger partial charge in [0.15, 0.2) is 0 Å². The zero-order chi connectivity index (χ0) is 12.1. The highest BCUT2D eigenvalue weighted by molar-refractivity contribution is 5.78. The van der Waals surface area contributed by atoms with Crippen LogP contribution in [0.15, 0.2) is 11.6 Å². The van der Waals surface area contributed by atoms with E-state index in [1.54, 1.807) is 0 Å². The van der Waals surface area contributed by atoms with Crippen molar-refractivity contribution in [2.45, 2.75) is 59.8 Å². The Morgan fingerprint density at radius 2 is 2.06 bits per heavy atom. The van der Waals surface area contributed by atoms with Crippen LogP contribution in [-0.4, -0.2) is 5.78 Å². The number of hydrogen-bond acceptors (Lipinski definition) is 1. The Morgan fingerprint density at radius 3 is 2.56 bits per heavy atom. The van der Waals surface area contributed by atoms with Gasteiger partial charge in [0.05, 0.1) is 0 Å². The first-order valence-corrected chi connectivity index (χ1v) is 6.66. The van der Waals surface area contributed by atoms with Crippen molar-refractivity contribution in [2.24, 2.45) is 17.8 Å². The van der Waals surface area contributed by atoms with E-state index < -0.39 is 0 Å². The molecule has 0 N–H and O–H groups in total. The van der Waals surface area contributed by atoms with Gasteiger partial charge in [-0.25, -0.2) is 0 Å². The van der Waals surface area contributed by atoms with Gasteiger partial charge in [0, 0.05) is 12.8 Å². The Hall–Kier alpha value is -0.590. The Kier molecular flexibility index (Phi) is 5.24. The van der Waals surface area contributed by atoms with E-state index in [9.17, 15) is 4.79 Å². The van der Waals surface area contributed by atoms with Gasteiger partial charge < -0.3 is 0 Å². The first-order chi connectivity index (χ1) is 7.49. The van der Waals surface area contributed by atoms with Crippen LogP contribution < -0.4 is 0 Å². The van der Waals surface area contributed by atoms with E-state index in [0.717, 1.165) is 18.8 Å². The average molecular weight is 222 g/mol. The maximum atomic E-state index is 11.8. The molecule has 2 atom stereocenters. The molecule has 92 valence electrons. The van der Waals surface area contributed by atoms with Gasteiger partial charge >= 0.3 is 0 Å². The Bertz CT molecular complexity index is 263. The molecule has 0 radical (unpaired) electrons. The van der Waals surface area contributed by atoms with Crippen molar-refractivity contribution >= 4 is 5.78 Å². The van der Waals surface area contributed by atoms with Crippen molar-refractivity contribution < 1.29 is 4.79 Å². The first-order valence-electron chi connectivity index (χ1n) is 6.66. The molecule has 16 heavy (non-hydrogen) atoms. The summed E-state index contributed by atoms with van der Waals surface area (Å²) in [6, 6.07) is 0. The van der Waals surface area contributed by atoms with Crippen LogP contribution in [0.3, 0.4) is 0 Å². The van der Waals surface area contributed by atoms with Crippen LogP contribution >= 0.6 is 0 Å². The van der Waals surface area contributed by atoms with Crippen molar-refractivity contribution in [1.29, 1.82) is 0 Å². The van der Waals surface area contributed by atoms with Crippen LogP contribution in [0.4, 0.5) is 0 Å². The van der Waals surface area contributed by atoms with Gasteiger partial charge in [0.1, 0.15) is 5.78 Å². The number of carbonyl (C=O) groups is 1. The summed E-state index contributed by atoms with van der Waals surface area (Å²) in [5.74, 6) is 2.26. The van der Waals surface area contributed by atoms with E-state index in [0.29, 0.717) is 17.6 Å². The van der Waals surface area contributed by atoms with Crippen molar-refractivity contribution in [2.75, 3.05) is 0 Å². The van der Waals surface area contributed by atoms with Gasteiger partial charge in [0.2, 0.25) is 0 Å². The fraction of sp³-hybridized carbons (Fsp3) is 0.800. The minimum absolute atomic E-state index is 0.453. The van der Waals surface area contributed by atoms with E-state index in [1.165, 1.54) is 24.8 Å². The summed E-state index contributed by atoms with van der Waals surface area (Å²) in [6.45, 7) is 8.70. The molecule has 1 aliphatic rings. The number of Topliss-reactive ketones (excluding diaryl/α,β-unsaturated/α-hetero) is 1. The van der Waals surface area contributed by atoms with Crippen LogP contribution in [0.5, 0.6) is 0 Å². The molecule has 1 nitrogen and oxygen atoms in total. The lowest BCUT2D eigenvalue weighted by atomic mass is 9.79. The number of ketones is 1. The van der Waals surface area contributed by atoms with Gasteiger partial charge in [-0.15, -0.1) is 0 Å². The SMILES string of the molecule is CC1=CC[C@@H]([C@H](C)CC(=O)CC(C)C)CC1. The van der Waals surface area contributed by atoms with Crippen LogP contribution in [0.25, 0.3) is 0 Å². The molecule has 0 aromatic heterocycles. The number of allylic oxidation sites excluding steroid dienone is 2. The predicted molar refractivity (Wildman–Crippen MR) is 69.3 cm³/mol. The fourth-order valence-electron chi connectivity index (χ4n) is 2.57. The van der Waals surface area contributed by atoms with Crippen molar-refractivity contribution in [3.05, 3.63) is 11.6 Å². The minimum Gasteiger partial charge on any atom is -0.300 e. The zero-order valence-corrected chi connectivity index (χ0v) is 11.3. The van der Waals surface area contributed by atoms with Gasteiger partial charge in [0.25, 0.3) is 0 Å². The first kappa shape index (κ1) is 13.5. The van der Waals surface area contributed by atoms with Crippen LogP contribution in [0, 0.1) is 17.8 Å². The molecule has 0 spiro atoms. The topological polar surface area (TPSA) is 17.1 Å². The molecular formula is C15H26O. The van der Waals surface area contributed by atoms with E-state index in [-0.39, 0.29) is 0 Å². The third kappa shape index (κ3) is 4.51. The number of rotatable bonds is 5. The highest BCUT2D eigenvalue weighted by Crippen LogP contribution is 2.31. The molecule has 0 aliphatic heterocycles. The Morgan fingerprint density at radius 1 is 1.38 bits per heavy atom. The number of carbonyl (C=O) groups excluding carboxylic acids is 1. The summed E-state index contributed by atoms with van der Waals surface area (Å²) in [5.41, 5.74) is 1.52. The van der Waals surface area contributed by atoms with E-state index in [2.05, 4.69) is 33.8 Å². The van der Waals surface area contributed by atoms with Crippen molar-refractivity contribution in [3.8, 4) is 0 Å². The van der Waals surface area contributed by atoms with Crippen molar-refractivity contribution in [3.63, 3.8) is 0 Å². The average Bonchev–Trinajstić information content (AvgIpc) is 2.16. The summed E-state index contributed by atoms with van der Waals surface area (Å²) in [7, 11) is 0. The minimum atomic E-state index is 0.453. The van der Waals surface area contributed by atoms with Gasteiger partial charge in [-0.1, -0.05) is 32.4 Å². The summed E-state index contributed by atoms with van der Waals surface area (Å²) in [5, 5.41) is 0. The summed E-state index contributed by atoms with van der Waals surface area (Å²) in [6.07, 6.45) is 7.59. The van der Waals surface area contributed by atoms with E-state index in [4.69, 9.17) is 0 Å². The lowest BCUT2D eigenvalue weighted by molar-refractivity contribution is -0.120.